The Hall–Kier alpha value is -0.990. The van der Waals surface area contributed by atoms with Crippen LogP contribution in [0.25, 0.3) is 5.76 Å². The van der Waals surface area contributed by atoms with Gasteiger partial charge in [-0.2, -0.15) is 0 Å². The van der Waals surface area contributed by atoms with Crippen molar-refractivity contribution in [2.45, 2.75) is 13.5 Å². The summed E-state index contributed by atoms with van der Waals surface area (Å²) in [4.78, 5) is 0. The SMILES string of the molecule is C=C(OCC)c1ccc(CN)c(Cl)c1. The van der Waals surface area contributed by atoms with Gasteiger partial charge in [-0.25, -0.2) is 0 Å². The average Bonchev–Trinajstić information content (AvgIpc) is 2.18. The van der Waals surface area contributed by atoms with Crippen LogP contribution in [0.3, 0.4) is 0 Å². The lowest BCUT2D eigenvalue weighted by Gasteiger charge is -2.08. The number of ether oxygens (including phenoxy) is 1. The van der Waals surface area contributed by atoms with Crippen LogP contribution < -0.4 is 5.73 Å². The summed E-state index contributed by atoms with van der Waals surface area (Å²) in [5.41, 5.74) is 7.32. The molecule has 0 spiro atoms. The van der Waals surface area contributed by atoms with Gasteiger partial charge in [0.15, 0.2) is 0 Å². The number of nitrogens with two attached hydrogens (primary N) is 1. The summed E-state index contributed by atoms with van der Waals surface area (Å²) in [6.07, 6.45) is 0. The number of benzene rings is 1. The van der Waals surface area contributed by atoms with Crippen molar-refractivity contribution in [3.05, 3.63) is 40.9 Å². The zero-order valence-electron chi connectivity index (χ0n) is 8.22. The largest absolute Gasteiger partial charge is 0.494 e. The maximum atomic E-state index is 6.00. The van der Waals surface area contributed by atoms with Crippen LogP contribution >= 0.6 is 11.6 Å². The molecule has 76 valence electrons. The summed E-state index contributed by atoms with van der Waals surface area (Å²) in [5, 5.41) is 0.658. The van der Waals surface area contributed by atoms with E-state index in [-0.39, 0.29) is 0 Å². The first-order valence-electron chi connectivity index (χ1n) is 4.49. The van der Waals surface area contributed by atoms with E-state index in [1.54, 1.807) is 0 Å². The van der Waals surface area contributed by atoms with Gasteiger partial charge in [0.1, 0.15) is 5.76 Å². The van der Waals surface area contributed by atoms with E-state index < -0.39 is 0 Å². The Morgan fingerprint density at radius 2 is 2.29 bits per heavy atom. The van der Waals surface area contributed by atoms with Crippen LogP contribution in [-0.2, 0) is 11.3 Å². The minimum absolute atomic E-state index is 0.445. The van der Waals surface area contributed by atoms with Crippen LogP contribution in [0.1, 0.15) is 18.1 Å². The third kappa shape index (κ3) is 2.50. The molecular formula is C11H14ClNO. The molecule has 2 N–H and O–H groups in total. The van der Waals surface area contributed by atoms with Gasteiger partial charge in [0, 0.05) is 17.1 Å². The van der Waals surface area contributed by atoms with Crippen molar-refractivity contribution in [3.63, 3.8) is 0 Å². The fourth-order valence-electron chi connectivity index (χ4n) is 1.14. The van der Waals surface area contributed by atoms with E-state index in [0.717, 1.165) is 11.1 Å². The molecule has 0 amide bonds. The first kappa shape index (κ1) is 11.1. The molecule has 0 saturated carbocycles. The van der Waals surface area contributed by atoms with E-state index in [0.29, 0.717) is 23.9 Å². The first-order valence-corrected chi connectivity index (χ1v) is 4.87. The molecule has 0 aliphatic heterocycles. The Bertz CT molecular complexity index is 336. The highest BCUT2D eigenvalue weighted by Crippen LogP contribution is 2.22. The van der Waals surface area contributed by atoms with Crippen LogP contribution in [-0.4, -0.2) is 6.61 Å². The Kier molecular flexibility index (Phi) is 3.98. The van der Waals surface area contributed by atoms with Gasteiger partial charge in [-0.1, -0.05) is 30.3 Å². The van der Waals surface area contributed by atoms with Gasteiger partial charge in [-0.3, -0.25) is 0 Å². The average molecular weight is 212 g/mol. The Morgan fingerprint density at radius 3 is 2.79 bits per heavy atom. The van der Waals surface area contributed by atoms with E-state index in [1.165, 1.54) is 0 Å². The molecule has 1 aromatic rings. The Balaban J connectivity index is 2.91. The predicted octanol–water partition coefficient (Wildman–Crippen LogP) is 2.81. The fourth-order valence-corrected chi connectivity index (χ4v) is 1.40. The fraction of sp³-hybridized carbons (Fsp3) is 0.273. The number of rotatable bonds is 4. The highest BCUT2D eigenvalue weighted by molar-refractivity contribution is 6.31. The lowest BCUT2D eigenvalue weighted by atomic mass is 10.1. The normalized spacial score (nSPS) is 9.93. The van der Waals surface area contributed by atoms with Crippen molar-refractivity contribution in [3.8, 4) is 0 Å². The van der Waals surface area contributed by atoms with E-state index >= 15 is 0 Å². The summed E-state index contributed by atoms with van der Waals surface area (Å²) < 4.78 is 5.27. The molecule has 14 heavy (non-hydrogen) atoms. The van der Waals surface area contributed by atoms with Crippen molar-refractivity contribution < 1.29 is 4.74 Å². The lowest BCUT2D eigenvalue weighted by Crippen LogP contribution is -1.98. The van der Waals surface area contributed by atoms with E-state index in [2.05, 4.69) is 6.58 Å². The quantitative estimate of drug-likeness (QED) is 0.778. The summed E-state index contributed by atoms with van der Waals surface area (Å²) in [7, 11) is 0. The summed E-state index contributed by atoms with van der Waals surface area (Å²) in [5.74, 6) is 0.637. The van der Waals surface area contributed by atoms with Crippen molar-refractivity contribution in [2.24, 2.45) is 5.73 Å². The number of hydrogen-bond acceptors (Lipinski definition) is 2. The standard InChI is InChI=1S/C11H14ClNO/c1-3-14-8(2)9-4-5-10(7-13)11(12)6-9/h4-6H,2-3,7,13H2,1H3. The molecule has 2 nitrogen and oxygen atoms in total. The van der Waals surface area contributed by atoms with Crippen LogP contribution in [0, 0.1) is 0 Å². The zero-order valence-corrected chi connectivity index (χ0v) is 8.97. The molecular weight excluding hydrogens is 198 g/mol. The molecule has 1 aromatic carbocycles. The monoisotopic (exact) mass is 211 g/mol. The smallest absolute Gasteiger partial charge is 0.119 e. The summed E-state index contributed by atoms with van der Waals surface area (Å²) in [6, 6.07) is 5.62. The van der Waals surface area contributed by atoms with E-state index in [4.69, 9.17) is 22.1 Å². The topological polar surface area (TPSA) is 35.2 Å². The Morgan fingerprint density at radius 1 is 1.57 bits per heavy atom. The molecule has 0 aliphatic carbocycles. The molecule has 1 rings (SSSR count). The van der Waals surface area contributed by atoms with Gasteiger partial charge in [-0.05, 0) is 18.6 Å². The second-order valence-electron chi connectivity index (χ2n) is 2.87. The third-order valence-corrected chi connectivity index (χ3v) is 2.27. The van der Waals surface area contributed by atoms with Crippen molar-refractivity contribution >= 4 is 17.4 Å². The van der Waals surface area contributed by atoms with Gasteiger partial charge >= 0.3 is 0 Å². The highest BCUT2D eigenvalue weighted by atomic mass is 35.5. The van der Waals surface area contributed by atoms with Crippen molar-refractivity contribution in [2.75, 3.05) is 6.61 Å². The molecule has 0 atom stereocenters. The van der Waals surface area contributed by atoms with Crippen molar-refractivity contribution in [1.29, 1.82) is 0 Å². The van der Waals surface area contributed by atoms with Gasteiger partial charge < -0.3 is 10.5 Å². The molecule has 0 fully saturated rings. The van der Waals surface area contributed by atoms with Gasteiger partial charge in [-0.15, -0.1) is 0 Å². The zero-order chi connectivity index (χ0) is 10.6. The maximum absolute atomic E-state index is 6.00. The van der Waals surface area contributed by atoms with Crippen LogP contribution in [0.15, 0.2) is 24.8 Å². The third-order valence-electron chi connectivity index (χ3n) is 1.91. The van der Waals surface area contributed by atoms with Crippen LogP contribution in [0.5, 0.6) is 0 Å². The minimum atomic E-state index is 0.445. The highest BCUT2D eigenvalue weighted by Gasteiger charge is 2.03. The van der Waals surface area contributed by atoms with Gasteiger partial charge in [0.25, 0.3) is 0 Å². The molecule has 0 saturated heterocycles. The lowest BCUT2D eigenvalue weighted by molar-refractivity contribution is 0.299. The van der Waals surface area contributed by atoms with E-state index in [9.17, 15) is 0 Å². The van der Waals surface area contributed by atoms with E-state index in [1.807, 2.05) is 25.1 Å². The maximum Gasteiger partial charge on any atom is 0.119 e. The Labute approximate surface area is 89.3 Å². The first-order chi connectivity index (χ1) is 6.69. The minimum Gasteiger partial charge on any atom is -0.494 e. The summed E-state index contributed by atoms with van der Waals surface area (Å²) >= 11 is 6.00. The molecule has 3 heteroatoms. The molecule has 0 heterocycles. The molecule has 0 radical (unpaired) electrons. The van der Waals surface area contributed by atoms with Crippen LogP contribution in [0.2, 0.25) is 5.02 Å². The molecule has 0 aliphatic rings. The number of halogens is 1. The van der Waals surface area contributed by atoms with Crippen molar-refractivity contribution in [1.82, 2.24) is 0 Å². The van der Waals surface area contributed by atoms with Crippen LogP contribution in [0.4, 0.5) is 0 Å². The molecule has 0 unspecified atom stereocenters. The number of hydrogen-bond donors (Lipinski definition) is 1. The second kappa shape index (κ2) is 5.03. The summed E-state index contributed by atoms with van der Waals surface area (Å²) in [6.45, 7) is 6.77. The van der Waals surface area contributed by atoms with Gasteiger partial charge in [0.05, 0.1) is 6.61 Å². The molecule has 0 bridgehead atoms. The second-order valence-corrected chi connectivity index (χ2v) is 3.27. The molecule has 0 aromatic heterocycles. The predicted molar refractivity (Wildman–Crippen MR) is 60.0 cm³/mol. The van der Waals surface area contributed by atoms with Gasteiger partial charge in [0.2, 0.25) is 0 Å².